The Bertz CT molecular complexity index is 172. The van der Waals surface area contributed by atoms with E-state index in [0.29, 0.717) is 12.0 Å². The predicted octanol–water partition coefficient (Wildman–Crippen LogP) is 0.783. The van der Waals surface area contributed by atoms with Crippen molar-refractivity contribution in [1.29, 1.82) is 0 Å². The van der Waals surface area contributed by atoms with Gasteiger partial charge in [-0.2, -0.15) is 0 Å². The second-order valence-electron chi connectivity index (χ2n) is 5.49. The van der Waals surface area contributed by atoms with Crippen molar-refractivity contribution in [2.75, 3.05) is 19.6 Å². The summed E-state index contributed by atoms with van der Waals surface area (Å²) in [5, 5.41) is 0. The molecule has 0 bridgehead atoms. The Morgan fingerprint density at radius 1 is 1.50 bits per heavy atom. The molecular formula is C11H25N3. The molecule has 0 aromatic carbocycles. The molecule has 0 aromatic heterocycles. The molecule has 1 heterocycles. The smallest absolute Gasteiger partial charge is 0.0226 e. The van der Waals surface area contributed by atoms with E-state index in [1.807, 2.05) is 0 Å². The maximum atomic E-state index is 6.01. The van der Waals surface area contributed by atoms with Gasteiger partial charge < -0.3 is 16.4 Å². The minimum Gasteiger partial charge on any atom is -0.328 e. The molecule has 84 valence electrons. The lowest BCUT2D eigenvalue weighted by molar-refractivity contribution is 0.138. The van der Waals surface area contributed by atoms with Crippen molar-refractivity contribution in [1.82, 2.24) is 4.90 Å². The van der Waals surface area contributed by atoms with Crippen LogP contribution in [-0.4, -0.2) is 36.1 Å². The van der Waals surface area contributed by atoms with Crippen molar-refractivity contribution in [2.24, 2.45) is 17.4 Å². The highest BCUT2D eigenvalue weighted by Crippen LogP contribution is 2.19. The largest absolute Gasteiger partial charge is 0.328 e. The molecule has 4 N–H and O–H groups in total. The van der Waals surface area contributed by atoms with E-state index >= 15 is 0 Å². The molecule has 1 rings (SSSR count). The number of nitrogens with two attached hydrogens (primary N) is 2. The summed E-state index contributed by atoms with van der Waals surface area (Å²) >= 11 is 0. The first-order chi connectivity index (χ1) is 6.38. The minimum atomic E-state index is -0.0836. The number of hydrogen-bond donors (Lipinski definition) is 2. The maximum Gasteiger partial charge on any atom is 0.0226 e. The molecule has 1 fully saturated rings. The molecule has 2 unspecified atom stereocenters. The lowest BCUT2D eigenvalue weighted by atomic mass is 9.91. The van der Waals surface area contributed by atoms with E-state index in [1.165, 1.54) is 19.4 Å². The molecule has 1 aliphatic heterocycles. The van der Waals surface area contributed by atoms with Gasteiger partial charge >= 0.3 is 0 Å². The number of rotatable bonds is 3. The van der Waals surface area contributed by atoms with Gasteiger partial charge in [0.05, 0.1) is 0 Å². The van der Waals surface area contributed by atoms with Crippen LogP contribution in [0.3, 0.4) is 0 Å². The highest BCUT2D eigenvalue weighted by Gasteiger charge is 2.25. The first kappa shape index (κ1) is 12.0. The summed E-state index contributed by atoms with van der Waals surface area (Å²) < 4.78 is 0. The summed E-state index contributed by atoms with van der Waals surface area (Å²) in [5.41, 5.74) is 11.9. The van der Waals surface area contributed by atoms with Crippen LogP contribution in [-0.2, 0) is 0 Å². The highest BCUT2D eigenvalue weighted by molar-refractivity contribution is 4.83. The molecule has 0 radical (unpaired) electrons. The molecule has 0 amide bonds. The number of likely N-dealkylation sites (tertiary alicyclic amines) is 1. The van der Waals surface area contributed by atoms with E-state index in [-0.39, 0.29) is 5.54 Å². The van der Waals surface area contributed by atoms with Crippen molar-refractivity contribution in [3.05, 3.63) is 0 Å². The lowest BCUT2D eigenvalue weighted by Gasteiger charge is -2.37. The van der Waals surface area contributed by atoms with Gasteiger partial charge in [-0.25, -0.2) is 0 Å². The van der Waals surface area contributed by atoms with E-state index in [4.69, 9.17) is 11.5 Å². The van der Waals surface area contributed by atoms with Gasteiger partial charge in [0.15, 0.2) is 0 Å². The van der Waals surface area contributed by atoms with Gasteiger partial charge in [0, 0.05) is 24.7 Å². The zero-order valence-corrected chi connectivity index (χ0v) is 9.79. The van der Waals surface area contributed by atoms with E-state index in [9.17, 15) is 0 Å². The minimum absolute atomic E-state index is 0.0836. The fraction of sp³-hybridized carbons (Fsp3) is 1.00. The molecule has 2 atom stereocenters. The molecule has 0 aromatic rings. The summed E-state index contributed by atoms with van der Waals surface area (Å²) in [6, 6.07) is 0.318. The Hall–Kier alpha value is -0.120. The lowest BCUT2D eigenvalue weighted by Crippen LogP contribution is -2.50. The standard InChI is InChI=1S/C11H25N3/c1-9(12)10-5-4-6-14(7-10)8-11(2,3)13/h9-10H,4-8,12-13H2,1-3H3. The van der Waals surface area contributed by atoms with Crippen LogP contribution < -0.4 is 11.5 Å². The van der Waals surface area contributed by atoms with Crippen LogP contribution in [0.15, 0.2) is 0 Å². The zero-order valence-electron chi connectivity index (χ0n) is 9.79. The first-order valence-electron chi connectivity index (χ1n) is 5.65. The zero-order chi connectivity index (χ0) is 10.8. The van der Waals surface area contributed by atoms with Crippen molar-refractivity contribution >= 4 is 0 Å². The summed E-state index contributed by atoms with van der Waals surface area (Å²) in [6.45, 7) is 9.57. The monoisotopic (exact) mass is 199 g/mol. The molecular weight excluding hydrogens is 174 g/mol. The van der Waals surface area contributed by atoms with E-state index < -0.39 is 0 Å². The third kappa shape index (κ3) is 3.95. The summed E-state index contributed by atoms with van der Waals surface area (Å²) in [6.07, 6.45) is 2.54. The quantitative estimate of drug-likeness (QED) is 0.706. The molecule has 0 spiro atoms. The highest BCUT2D eigenvalue weighted by atomic mass is 15.2. The molecule has 1 aliphatic rings. The summed E-state index contributed by atoms with van der Waals surface area (Å²) in [7, 11) is 0. The second-order valence-corrected chi connectivity index (χ2v) is 5.49. The number of piperidine rings is 1. The SMILES string of the molecule is CC(N)C1CCCN(CC(C)(C)N)C1. The molecule has 0 saturated carbocycles. The summed E-state index contributed by atoms with van der Waals surface area (Å²) in [4.78, 5) is 2.46. The molecule has 1 saturated heterocycles. The van der Waals surface area contributed by atoms with Gasteiger partial charge in [-0.05, 0) is 46.1 Å². The topological polar surface area (TPSA) is 55.3 Å². The van der Waals surface area contributed by atoms with Crippen molar-refractivity contribution in [2.45, 2.75) is 45.2 Å². The Kier molecular flexibility index (Phi) is 3.93. The van der Waals surface area contributed by atoms with Crippen molar-refractivity contribution in [3.63, 3.8) is 0 Å². The maximum absolute atomic E-state index is 6.01. The van der Waals surface area contributed by atoms with Gasteiger partial charge in [0.1, 0.15) is 0 Å². The molecule has 3 nitrogen and oxygen atoms in total. The molecule has 0 aliphatic carbocycles. The number of nitrogens with zero attached hydrogens (tertiary/aromatic N) is 1. The van der Waals surface area contributed by atoms with E-state index in [2.05, 4.69) is 25.7 Å². The second kappa shape index (κ2) is 4.60. The Morgan fingerprint density at radius 2 is 2.14 bits per heavy atom. The van der Waals surface area contributed by atoms with Crippen LogP contribution in [0.25, 0.3) is 0 Å². The van der Waals surface area contributed by atoms with Crippen LogP contribution in [0.2, 0.25) is 0 Å². The predicted molar refractivity (Wildman–Crippen MR) is 61.1 cm³/mol. The van der Waals surface area contributed by atoms with E-state index in [1.54, 1.807) is 0 Å². The average molecular weight is 199 g/mol. The Labute approximate surface area is 87.8 Å². The van der Waals surface area contributed by atoms with Crippen LogP contribution in [0.4, 0.5) is 0 Å². The van der Waals surface area contributed by atoms with Crippen LogP contribution in [0, 0.1) is 5.92 Å². The van der Waals surface area contributed by atoms with Crippen molar-refractivity contribution < 1.29 is 0 Å². The molecule has 14 heavy (non-hydrogen) atoms. The first-order valence-corrected chi connectivity index (χ1v) is 5.65. The molecule has 3 heteroatoms. The third-order valence-electron chi connectivity index (χ3n) is 2.92. The fourth-order valence-electron chi connectivity index (χ4n) is 2.24. The summed E-state index contributed by atoms with van der Waals surface area (Å²) in [5.74, 6) is 0.658. The fourth-order valence-corrected chi connectivity index (χ4v) is 2.24. The Balaban J connectivity index is 2.40. The third-order valence-corrected chi connectivity index (χ3v) is 2.92. The van der Waals surface area contributed by atoms with Crippen molar-refractivity contribution in [3.8, 4) is 0 Å². The van der Waals surface area contributed by atoms with Gasteiger partial charge in [-0.3, -0.25) is 0 Å². The van der Waals surface area contributed by atoms with Gasteiger partial charge in [-0.15, -0.1) is 0 Å². The normalized spacial score (nSPS) is 27.6. The van der Waals surface area contributed by atoms with Crippen LogP contribution in [0.1, 0.15) is 33.6 Å². The Morgan fingerprint density at radius 3 is 2.64 bits per heavy atom. The van der Waals surface area contributed by atoms with Crippen LogP contribution >= 0.6 is 0 Å². The van der Waals surface area contributed by atoms with Gasteiger partial charge in [0.2, 0.25) is 0 Å². The van der Waals surface area contributed by atoms with Gasteiger partial charge in [0.25, 0.3) is 0 Å². The van der Waals surface area contributed by atoms with Gasteiger partial charge in [-0.1, -0.05) is 0 Å². The average Bonchev–Trinajstić information content (AvgIpc) is 2.01. The van der Waals surface area contributed by atoms with E-state index in [0.717, 1.165) is 13.1 Å². The van der Waals surface area contributed by atoms with Crippen LogP contribution in [0.5, 0.6) is 0 Å². The number of hydrogen-bond acceptors (Lipinski definition) is 3.